The molecule has 1 aliphatic rings. The molecule has 0 radical (unpaired) electrons. The van der Waals surface area contributed by atoms with E-state index in [1.807, 2.05) is 19.1 Å². The minimum atomic E-state index is -5.00. The first-order valence-corrected chi connectivity index (χ1v) is 7.67. The standard InChI is InChI=1S/C15H13F3N2O3S/c1-9-2-4-10(5-3-9)8-11-12(21)20(14(23)24-11)7-6-19-13(22)15(16,17)18/h2-5,8H,6-7H2,1H3,(H,19,22)/b11-8-. The van der Waals surface area contributed by atoms with Crippen LogP contribution in [-0.2, 0) is 9.59 Å². The number of hydrogen-bond acceptors (Lipinski definition) is 4. The Bertz CT molecular complexity index is 699. The molecule has 2 rings (SSSR count). The third kappa shape index (κ3) is 4.38. The van der Waals surface area contributed by atoms with Gasteiger partial charge >= 0.3 is 12.1 Å². The number of nitrogens with zero attached hydrogens (tertiary/aromatic N) is 1. The van der Waals surface area contributed by atoms with Crippen LogP contribution in [0.5, 0.6) is 0 Å². The van der Waals surface area contributed by atoms with Crippen molar-refractivity contribution in [3.8, 4) is 0 Å². The fourth-order valence-electron chi connectivity index (χ4n) is 1.89. The minimum Gasteiger partial charge on any atom is -0.346 e. The molecule has 9 heteroatoms. The molecule has 0 aliphatic carbocycles. The molecule has 3 amide bonds. The minimum absolute atomic E-state index is 0.186. The number of nitrogens with one attached hydrogen (secondary N) is 1. The van der Waals surface area contributed by atoms with Crippen molar-refractivity contribution in [2.75, 3.05) is 13.1 Å². The number of carbonyl (C=O) groups excluding carboxylic acids is 3. The highest BCUT2D eigenvalue weighted by Crippen LogP contribution is 2.31. The number of rotatable bonds is 4. The Kier molecular flexibility index (Phi) is 5.33. The van der Waals surface area contributed by atoms with Gasteiger partial charge in [-0.3, -0.25) is 19.3 Å². The van der Waals surface area contributed by atoms with Crippen molar-refractivity contribution in [1.29, 1.82) is 0 Å². The van der Waals surface area contributed by atoms with E-state index in [4.69, 9.17) is 0 Å². The Hall–Kier alpha value is -2.29. The molecule has 0 saturated carbocycles. The maximum absolute atomic E-state index is 12.1. The van der Waals surface area contributed by atoms with Crippen molar-refractivity contribution in [3.63, 3.8) is 0 Å². The summed E-state index contributed by atoms with van der Waals surface area (Å²) in [7, 11) is 0. The molecule has 0 atom stereocenters. The van der Waals surface area contributed by atoms with Crippen LogP contribution in [0.1, 0.15) is 11.1 Å². The Morgan fingerprint density at radius 3 is 2.46 bits per heavy atom. The van der Waals surface area contributed by atoms with Gasteiger partial charge in [-0.25, -0.2) is 0 Å². The third-order valence-corrected chi connectivity index (χ3v) is 4.03. The summed E-state index contributed by atoms with van der Waals surface area (Å²) in [6, 6.07) is 7.27. The van der Waals surface area contributed by atoms with Gasteiger partial charge in [-0.1, -0.05) is 29.8 Å². The van der Waals surface area contributed by atoms with Crippen LogP contribution < -0.4 is 5.32 Å². The molecule has 1 aromatic rings. The van der Waals surface area contributed by atoms with E-state index in [-0.39, 0.29) is 11.4 Å². The van der Waals surface area contributed by atoms with E-state index < -0.39 is 29.8 Å². The number of benzene rings is 1. The smallest absolute Gasteiger partial charge is 0.346 e. The lowest BCUT2D eigenvalue weighted by atomic mass is 10.1. The third-order valence-electron chi connectivity index (χ3n) is 3.13. The molecule has 1 aliphatic heterocycles. The van der Waals surface area contributed by atoms with Crippen LogP contribution in [0.4, 0.5) is 18.0 Å². The lowest BCUT2D eigenvalue weighted by Crippen LogP contribution is -2.42. The summed E-state index contributed by atoms with van der Waals surface area (Å²) < 4.78 is 36.2. The van der Waals surface area contributed by atoms with Gasteiger partial charge in [-0.15, -0.1) is 0 Å². The first-order chi connectivity index (χ1) is 11.2. The zero-order chi connectivity index (χ0) is 17.9. The molecule has 24 heavy (non-hydrogen) atoms. The monoisotopic (exact) mass is 358 g/mol. The van der Waals surface area contributed by atoms with Crippen molar-refractivity contribution < 1.29 is 27.6 Å². The van der Waals surface area contributed by atoms with Crippen LogP contribution in [-0.4, -0.2) is 41.2 Å². The predicted molar refractivity (Wildman–Crippen MR) is 82.9 cm³/mol. The molecule has 1 N–H and O–H groups in total. The van der Waals surface area contributed by atoms with E-state index >= 15 is 0 Å². The van der Waals surface area contributed by atoms with E-state index in [2.05, 4.69) is 0 Å². The van der Waals surface area contributed by atoms with E-state index in [0.29, 0.717) is 11.8 Å². The van der Waals surface area contributed by atoms with Gasteiger partial charge in [0, 0.05) is 13.1 Å². The highest BCUT2D eigenvalue weighted by molar-refractivity contribution is 8.18. The van der Waals surface area contributed by atoms with Gasteiger partial charge in [-0.2, -0.15) is 13.2 Å². The normalized spacial score (nSPS) is 16.8. The number of halogens is 3. The molecule has 0 spiro atoms. The largest absolute Gasteiger partial charge is 0.471 e. The summed E-state index contributed by atoms with van der Waals surface area (Å²) in [4.78, 5) is 35.6. The molecule has 1 saturated heterocycles. The molecule has 1 aromatic carbocycles. The van der Waals surface area contributed by atoms with Crippen molar-refractivity contribution >= 4 is 34.9 Å². The highest BCUT2D eigenvalue weighted by atomic mass is 32.2. The molecule has 5 nitrogen and oxygen atoms in total. The van der Waals surface area contributed by atoms with Gasteiger partial charge < -0.3 is 5.32 Å². The molecule has 0 unspecified atom stereocenters. The van der Waals surface area contributed by atoms with Gasteiger partial charge in [0.15, 0.2) is 0 Å². The number of thioether (sulfide) groups is 1. The average molecular weight is 358 g/mol. The SMILES string of the molecule is Cc1ccc(/C=C2\SC(=O)N(CCNC(=O)C(F)(F)F)C2=O)cc1. The summed E-state index contributed by atoms with van der Waals surface area (Å²) in [5.41, 5.74) is 1.78. The van der Waals surface area contributed by atoms with Gasteiger partial charge in [0.05, 0.1) is 4.91 Å². The number of carbonyl (C=O) groups is 3. The van der Waals surface area contributed by atoms with Crippen LogP contribution >= 0.6 is 11.8 Å². The zero-order valence-electron chi connectivity index (χ0n) is 12.5. The van der Waals surface area contributed by atoms with Gasteiger partial charge in [0.25, 0.3) is 11.1 Å². The fourth-order valence-corrected chi connectivity index (χ4v) is 2.75. The Morgan fingerprint density at radius 1 is 1.25 bits per heavy atom. The highest BCUT2D eigenvalue weighted by Gasteiger charge is 2.39. The number of hydrogen-bond donors (Lipinski definition) is 1. The van der Waals surface area contributed by atoms with Gasteiger partial charge in [-0.05, 0) is 30.3 Å². The predicted octanol–water partition coefficient (Wildman–Crippen LogP) is 2.71. The maximum Gasteiger partial charge on any atom is 0.471 e. The fraction of sp³-hybridized carbons (Fsp3) is 0.267. The Morgan fingerprint density at radius 2 is 1.88 bits per heavy atom. The topological polar surface area (TPSA) is 66.5 Å². The Balaban J connectivity index is 1.99. The van der Waals surface area contributed by atoms with Crippen molar-refractivity contribution in [1.82, 2.24) is 10.2 Å². The van der Waals surface area contributed by atoms with Crippen LogP contribution in [0.2, 0.25) is 0 Å². The Labute approximate surface area is 139 Å². The summed E-state index contributed by atoms with van der Waals surface area (Å²) in [5.74, 6) is -2.70. The van der Waals surface area contributed by atoms with Crippen molar-refractivity contribution in [3.05, 3.63) is 40.3 Å². The molecule has 128 valence electrons. The summed E-state index contributed by atoms with van der Waals surface area (Å²) in [6.07, 6.45) is -3.46. The number of aryl methyl sites for hydroxylation is 1. The molecule has 0 bridgehead atoms. The first kappa shape index (κ1) is 18.1. The van der Waals surface area contributed by atoms with E-state index in [0.717, 1.165) is 16.0 Å². The number of imide groups is 1. The van der Waals surface area contributed by atoms with Crippen LogP contribution in [0.25, 0.3) is 6.08 Å². The zero-order valence-corrected chi connectivity index (χ0v) is 13.3. The summed E-state index contributed by atoms with van der Waals surface area (Å²) in [5, 5.41) is 1.04. The molecule has 0 aromatic heterocycles. The quantitative estimate of drug-likeness (QED) is 0.841. The second-order valence-electron chi connectivity index (χ2n) is 5.00. The van der Waals surface area contributed by atoms with E-state index in [1.54, 1.807) is 23.5 Å². The lowest BCUT2D eigenvalue weighted by Gasteiger charge is -2.13. The number of amides is 3. The lowest BCUT2D eigenvalue weighted by molar-refractivity contribution is -0.173. The number of alkyl halides is 3. The molecular formula is C15H13F3N2O3S. The van der Waals surface area contributed by atoms with E-state index in [9.17, 15) is 27.6 Å². The summed E-state index contributed by atoms with van der Waals surface area (Å²) >= 11 is 0.709. The van der Waals surface area contributed by atoms with Crippen LogP contribution in [0.3, 0.4) is 0 Å². The molecule has 1 fully saturated rings. The van der Waals surface area contributed by atoms with E-state index in [1.165, 1.54) is 0 Å². The first-order valence-electron chi connectivity index (χ1n) is 6.85. The molecular weight excluding hydrogens is 345 g/mol. The van der Waals surface area contributed by atoms with Gasteiger partial charge in [0.1, 0.15) is 0 Å². The molecule has 1 heterocycles. The van der Waals surface area contributed by atoms with Crippen LogP contribution in [0.15, 0.2) is 29.2 Å². The average Bonchev–Trinajstić information content (AvgIpc) is 2.76. The van der Waals surface area contributed by atoms with Crippen LogP contribution in [0, 0.1) is 6.92 Å². The van der Waals surface area contributed by atoms with Gasteiger partial charge in [0.2, 0.25) is 0 Å². The maximum atomic E-state index is 12.1. The van der Waals surface area contributed by atoms with Crippen molar-refractivity contribution in [2.45, 2.75) is 13.1 Å². The van der Waals surface area contributed by atoms with Crippen molar-refractivity contribution in [2.24, 2.45) is 0 Å². The second-order valence-corrected chi connectivity index (χ2v) is 5.99. The second kappa shape index (κ2) is 7.08. The summed E-state index contributed by atoms with van der Waals surface area (Å²) in [6.45, 7) is 1.12.